The van der Waals surface area contributed by atoms with Gasteiger partial charge in [-0.2, -0.15) is 11.8 Å². The smallest absolute Gasteiger partial charge is 0.793 e. The number of rotatable bonds is 8. The van der Waals surface area contributed by atoms with E-state index >= 15 is 0 Å². The Morgan fingerprint density at radius 2 is 0.609 bits per heavy atom. The summed E-state index contributed by atoms with van der Waals surface area (Å²) in [5.41, 5.74) is 0. The minimum absolute atomic E-state index is 0. The molecule has 0 amide bonds. The maximum atomic E-state index is 7.73. The summed E-state index contributed by atoms with van der Waals surface area (Å²) in [5.74, 6) is 0.549. The van der Waals surface area contributed by atoms with Crippen LogP contribution in [-0.2, 0) is 57.4 Å². The molecule has 2 nitrogen and oxygen atoms in total. The number of nitrogens with zero attached hydrogens (tertiary/aromatic N) is 2. The van der Waals surface area contributed by atoms with Crippen LogP contribution >= 0.6 is 15.8 Å². The minimum Gasteiger partial charge on any atom is -0.793 e. The van der Waals surface area contributed by atoms with Gasteiger partial charge in [-0.3, -0.25) is 0 Å². The van der Waals surface area contributed by atoms with Gasteiger partial charge < -0.3 is 23.0 Å². The summed E-state index contributed by atoms with van der Waals surface area (Å²) >= 11 is 4.47. The summed E-state index contributed by atoms with van der Waals surface area (Å²) in [6.45, 7) is 0.492. The Morgan fingerprint density at radius 1 is 0.413 bits per heavy atom. The van der Waals surface area contributed by atoms with Crippen molar-refractivity contribution in [3.63, 3.8) is 0 Å². The third-order valence-corrected chi connectivity index (χ3v) is 11.4. The van der Waals surface area contributed by atoms with Crippen molar-refractivity contribution in [1.29, 1.82) is 0 Å². The second-order valence-electron chi connectivity index (χ2n) is 9.37. The van der Waals surface area contributed by atoms with Crippen molar-refractivity contribution in [3.8, 4) is 0 Å². The van der Waals surface area contributed by atoms with E-state index in [0.29, 0.717) is 12.3 Å². The van der Waals surface area contributed by atoms with Gasteiger partial charge in [0, 0.05) is 0 Å². The van der Waals surface area contributed by atoms with Gasteiger partial charge in [-0.1, -0.05) is 189 Å². The topological polar surface area (TPSA) is 34.7 Å². The Balaban J connectivity index is 0.000000263. The first-order chi connectivity index (χ1) is 21.8. The molecule has 0 aliphatic heterocycles. The third-order valence-electron chi connectivity index (χ3n) is 6.36. The largest absolute Gasteiger partial charge is 1.00 e. The molecule has 0 radical (unpaired) electrons. The molecule has 0 bridgehead atoms. The summed E-state index contributed by atoms with van der Waals surface area (Å²) in [6, 6.07) is 66.3. The first kappa shape index (κ1) is 39.6. The molecule has 0 heterocycles. The number of aliphatic imine (C=N–C) groups is 1. The molecule has 0 saturated heterocycles. The molecule has 0 aliphatic carbocycles. The minimum atomic E-state index is -0.446. The molecule has 6 aromatic carbocycles. The first-order valence-corrected chi connectivity index (χ1v) is 17.6. The SMILES string of the molecule is [Au+].[Au+].[N-]=C=NCC[S-].c1ccc(P(c2ccccc2)c2ccccc2)cc1.c1ccc(P(c2ccccc2)c2ccccc2)cc1. The van der Waals surface area contributed by atoms with Crippen molar-refractivity contribution in [2.75, 3.05) is 12.3 Å². The Labute approximate surface area is 313 Å². The van der Waals surface area contributed by atoms with Crippen LogP contribution in [0.15, 0.2) is 187 Å². The Bertz CT molecular complexity index is 1350. The summed E-state index contributed by atoms with van der Waals surface area (Å²) in [6.07, 6.45) is 0. The normalized spacial score (nSPS) is 9.63. The molecular weight excluding hydrogens is 984 g/mol. The Hall–Kier alpha value is -2.61. The predicted molar refractivity (Wildman–Crippen MR) is 198 cm³/mol. The molecule has 0 spiro atoms. The van der Waals surface area contributed by atoms with E-state index in [1.54, 1.807) is 6.01 Å². The van der Waals surface area contributed by atoms with Gasteiger partial charge in [0.1, 0.15) is 0 Å². The fraction of sp³-hybridized carbons (Fsp3) is 0.0513. The van der Waals surface area contributed by atoms with Crippen molar-refractivity contribution in [2.24, 2.45) is 4.99 Å². The van der Waals surface area contributed by atoms with Crippen LogP contribution in [0.3, 0.4) is 0 Å². The van der Waals surface area contributed by atoms with E-state index in [2.05, 4.69) is 200 Å². The van der Waals surface area contributed by atoms with Gasteiger partial charge in [0.15, 0.2) is 0 Å². The molecule has 0 aliphatic rings. The zero-order chi connectivity index (χ0) is 30.7. The number of hydrogen-bond acceptors (Lipinski definition) is 2. The first-order valence-electron chi connectivity index (χ1n) is 14.4. The van der Waals surface area contributed by atoms with Crippen molar-refractivity contribution in [3.05, 3.63) is 187 Å². The fourth-order valence-corrected chi connectivity index (χ4v) is 9.15. The van der Waals surface area contributed by atoms with Crippen LogP contribution in [0, 0.1) is 0 Å². The van der Waals surface area contributed by atoms with Gasteiger partial charge >= 0.3 is 44.8 Å². The summed E-state index contributed by atoms with van der Waals surface area (Å²) in [4.78, 5) is 3.29. The zero-order valence-corrected chi connectivity index (χ0v) is 32.0. The number of hydrogen-bond donors (Lipinski definition) is 0. The molecule has 0 atom stereocenters. The van der Waals surface area contributed by atoms with Crippen molar-refractivity contribution < 1.29 is 44.8 Å². The predicted octanol–water partition coefficient (Wildman–Crippen LogP) is 7.16. The van der Waals surface area contributed by atoms with Gasteiger partial charge in [-0.05, 0) is 47.7 Å². The van der Waals surface area contributed by atoms with Gasteiger partial charge in [-0.15, -0.1) is 0 Å². The van der Waals surface area contributed by atoms with Crippen LogP contribution in [0.1, 0.15) is 0 Å². The second-order valence-corrected chi connectivity index (χ2v) is 14.2. The monoisotopic (exact) mass is 1020 g/mol. The van der Waals surface area contributed by atoms with E-state index in [-0.39, 0.29) is 44.8 Å². The van der Waals surface area contributed by atoms with E-state index in [1.807, 2.05) is 0 Å². The molecule has 0 aromatic heterocycles. The maximum Gasteiger partial charge on any atom is 1.00 e. The van der Waals surface area contributed by atoms with E-state index in [1.165, 1.54) is 31.8 Å². The van der Waals surface area contributed by atoms with Crippen LogP contribution in [-0.4, -0.2) is 18.3 Å². The molecule has 0 saturated carbocycles. The van der Waals surface area contributed by atoms with E-state index in [9.17, 15) is 0 Å². The quantitative estimate of drug-likeness (QED) is 0.0691. The van der Waals surface area contributed by atoms with E-state index in [0.717, 1.165) is 0 Å². The average Bonchev–Trinajstić information content (AvgIpc) is 3.11. The molecule has 0 N–H and O–H groups in total. The molecule has 7 heteroatoms. The zero-order valence-electron chi connectivity index (χ0n) is 25.0. The van der Waals surface area contributed by atoms with Crippen LogP contribution in [0.2, 0.25) is 0 Å². The summed E-state index contributed by atoms with van der Waals surface area (Å²) < 4.78 is 0. The standard InChI is InChI=1S/2C18H15P.C3H5N2S.2Au/c2*1-4-10-16(11-5-1)19(17-12-6-2-7-13-17)18-14-8-3-9-15-18;4-3-5-1-2-6;;/h2*1-15H;6H,1-2H2;;/q;;-1;2*+1/p-1. The van der Waals surface area contributed by atoms with Crippen molar-refractivity contribution in [1.82, 2.24) is 0 Å². The second kappa shape index (κ2) is 23.7. The molecule has 0 unspecified atom stereocenters. The molecular formula is C39H34Au2N2P2S. The van der Waals surface area contributed by atoms with Crippen LogP contribution in [0.4, 0.5) is 0 Å². The fourth-order valence-electron chi connectivity index (χ4n) is 4.45. The molecule has 6 rings (SSSR count). The van der Waals surface area contributed by atoms with Crippen LogP contribution in [0.25, 0.3) is 5.41 Å². The number of benzene rings is 6. The van der Waals surface area contributed by atoms with Crippen molar-refractivity contribution >= 4 is 66.3 Å². The average molecular weight is 1020 g/mol. The summed E-state index contributed by atoms with van der Waals surface area (Å²) in [7, 11) is -0.892. The molecule has 46 heavy (non-hydrogen) atoms. The third kappa shape index (κ3) is 12.9. The molecule has 0 fully saturated rings. The van der Waals surface area contributed by atoms with Gasteiger partial charge in [0.25, 0.3) is 0 Å². The Morgan fingerprint density at radius 3 is 0.739 bits per heavy atom. The summed E-state index contributed by atoms with van der Waals surface area (Å²) in [5, 5.41) is 16.1. The van der Waals surface area contributed by atoms with Gasteiger partial charge in [0.05, 0.1) is 0 Å². The van der Waals surface area contributed by atoms with Crippen molar-refractivity contribution in [2.45, 2.75) is 0 Å². The van der Waals surface area contributed by atoms with E-state index < -0.39 is 15.8 Å². The van der Waals surface area contributed by atoms with Crippen LogP contribution in [0.5, 0.6) is 0 Å². The Kier molecular flexibility index (Phi) is 20.4. The maximum absolute atomic E-state index is 7.73. The molecule has 238 valence electrons. The van der Waals surface area contributed by atoms with E-state index in [4.69, 9.17) is 5.41 Å². The van der Waals surface area contributed by atoms with Gasteiger partial charge in [0.2, 0.25) is 0 Å². The molecule has 6 aromatic rings. The van der Waals surface area contributed by atoms with Crippen LogP contribution < -0.4 is 31.8 Å². The van der Waals surface area contributed by atoms with Gasteiger partial charge in [-0.25, -0.2) is 0 Å².